The second kappa shape index (κ2) is 11.2. The number of carboxylic acid groups (broad SMARTS) is 2. The Morgan fingerprint density at radius 3 is 1.85 bits per heavy atom. The molecule has 0 aliphatic heterocycles. The molecule has 0 aromatic heterocycles. The van der Waals surface area contributed by atoms with Crippen LogP contribution in [-0.4, -0.2) is 11.9 Å². The third-order valence-corrected chi connectivity index (χ3v) is 1.42. The molecular formula is C7H10KLiO4. The molecule has 0 aromatic rings. The topological polar surface area (TPSA) is 80.3 Å². The fraction of sp³-hybridized carbons (Fsp3) is 0.714. The molecule has 0 rings (SSSR count). The molecule has 0 fully saturated rings. The van der Waals surface area contributed by atoms with E-state index in [4.69, 9.17) is 0 Å². The average Bonchev–Trinajstić information content (AvgIpc) is 1.87. The van der Waals surface area contributed by atoms with Crippen LogP contribution >= 0.6 is 0 Å². The Kier molecular flexibility index (Phi) is 17.0. The zero-order chi connectivity index (χ0) is 8.85. The zero-order valence-corrected chi connectivity index (χ0v) is 11.5. The van der Waals surface area contributed by atoms with Gasteiger partial charge in [0.25, 0.3) is 0 Å². The summed E-state index contributed by atoms with van der Waals surface area (Å²) in [5.74, 6) is -4.56. The molecule has 0 aliphatic carbocycles. The van der Waals surface area contributed by atoms with Crippen molar-refractivity contribution in [3.8, 4) is 0 Å². The standard InChI is InChI=1S/C7H12O4.K.Li/c1-2-3-4-5(6(8)9)7(10)11;;/h5H,2-4H2,1H3,(H,8,9)(H,10,11);;/q;2*+1/p-2. The number of unbranched alkanes of at least 4 members (excludes halogenated alkanes) is 1. The van der Waals surface area contributed by atoms with Gasteiger partial charge in [-0.05, 0) is 6.42 Å². The van der Waals surface area contributed by atoms with Crippen molar-refractivity contribution in [1.29, 1.82) is 0 Å². The molecule has 0 saturated carbocycles. The van der Waals surface area contributed by atoms with Crippen molar-refractivity contribution in [2.75, 3.05) is 0 Å². The second-order valence-corrected chi connectivity index (χ2v) is 2.33. The Balaban J connectivity index is -0.000000500. The number of carbonyl (C=O) groups is 2. The minimum Gasteiger partial charge on any atom is -0.549 e. The Labute approximate surface area is 132 Å². The Morgan fingerprint density at radius 2 is 1.62 bits per heavy atom. The minimum absolute atomic E-state index is 0. The summed E-state index contributed by atoms with van der Waals surface area (Å²) in [6.07, 6.45) is 1.42. The monoisotopic (exact) mass is 204 g/mol. The van der Waals surface area contributed by atoms with E-state index >= 15 is 0 Å². The number of carboxylic acids is 2. The van der Waals surface area contributed by atoms with Gasteiger partial charge in [-0.1, -0.05) is 19.8 Å². The molecule has 6 heteroatoms. The van der Waals surface area contributed by atoms with Crippen molar-refractivity contribution in [2.24, 2.45) is 5.92 Å². The predicted molar refractivity (Wildman–Crippen MR) is 33.0 cm³/mol. The number of hydrogen-bond acceptors (Lipinski definition) is 4. The van der Waals surface area contributed by atoms with Gasteiger partial charge in [0, 0.05) is 5.92 Å². The first-order valence-corrected chi connectivity index (χ1v) is 3.51. The van der Waals surface area contributed by atoms with Crippen molar-refractivity contribution in [3.05, 3.63) is 0 Å². The van der Waals surface area contributed by atoms with Crippen molar-refractivity contribution < 1.29 is 90.0 Å². The Hall–Kier alpha value is 1.17. The van der Waals surface area contributed by atoms with Gasteiger partial charge in [0.05, 0.1) is 11.9 Å². The average molecular weight is 204 g/mol. The van der Waals surface area contributed by atoms with Crippen LogP contribution in [0.4, 0.5) is 0 Å². The minimum atomic E-state index is -1.56. The molecule has 0 unspecified atom stereocenters. The zero-order valence-electron chi connectivity index (χ0n) is 8.33. The first kappa shape index (κ1) is 19.7. The molecule has 0 spiro atoms. The van der Waals surface area contributed by atoms with E-state index in [1.165, 1.54) is 0 Å². The number of carbonyl (C=O) groups excluding carboxylic acids is 2. The van der Waals surface area contributed by atoms with E-state index in [9.17, 15) is 19.8 Å². The van der Waals surface area contributed by atoms with Crippen LogP contribution in [0.15, 0.2) is 0 Å². The van der Waals surface area contributed by atoms with E-state index in [1.807, 2.05) is 6.92 Å². The first-order valence-electron chi connectivity index (χ1n) is 3.51. The normalized spacial score (nSPS) is 8.46. The predicted octanol–water partition coefficient (Wildman–Crippen LogP) is -7.70. The van der Waals surface area contributed by atoms with Crippen molar-refractivity contribution in [3.63, 3.8) is 0 Å². The third-order valence-electron chi connectivity index (χ3n) is 1.42. The maximum absolute atomic E-state index is 10.1. The summed E-state index contributed by atoms with van der Waals surface area (Å²) in [6.45, 7) is 1.85. The van der Waals surface area contributed by atoms with Gasteiger partial charge in [0.1, 0.15) is 0 Å². The van der Waals surface area contributed by atoms with Crippen LogP contribution in [0.2, 0.25) is 0 Å². The molecule has 0 radical (unpaired) electrons. The van der Waals surface area contributed by atoms with Gasteiger partial charge in [-0.2, -0.15) is 0 Å². The maximum atomic E-state index is 10.1. The molecule has 4 nitrogen and oxygen atoms in total. The van der Waals surface area contributed by atoms with Crippen LogP contribution in [0, 0.1) is 5.92 Å². The van der Waals surface area contributed by atoms with Gasteiger partial charge in [-0.25, -0.2) is 0 Å². The van der Waals surface area contributed by atoms with Crippen LogP contribution in [-0.2, 0) is 9.59 Å². The molecule has 64 valence electrons. The van der Waals surface area contributed by atoms with Crippen LogP contribution in [0.3, 0.4) is 0 Å². The van der Waals surface area contributed by atoms with Crippen molar-refractivity contribution in [1.82, 2.24) is 0 Å². The summed E-state index contributed by atoms with van der Waals surface area (Å²) in [5.41, 5.74) is 0. The maximum Gasteiger partial charge on any atom is 1.00 e. The van der Waals surface area contributed by atoms with E-state index in [0.29, 0.717) is 6.42 Å². The van der Waals surface area contributed by atoms with E-state index in [0.717, 1.165) is 6.42 Å². The summed E-state index contributed by atoms with van der Waals surface area (Å²) in [4.78, 5) is 20.2. The molecule has 0 amide bonds. The fourth-order valence-electron chi connectivity index (χ4n) is 0.740. The van der Waals surface area contributed by atoms with Crippen LogP contribution in [0.1, 0.15) is 26.2 Å². The van der Waals surface area contributed by atoms with Gasteiger partial charge < -0.3 is 19.8 Å². The third kappa shape index (κ3) is 9.48. The first-order chi connectivity index (χ1) is 5.09. The SMILES string of the molecule is CCCCC(C(=O)[O-])C(=O)[O-].[K+].[Li+]. The summed E-state index contributed by atoms with van der Waals surface area (Å²) in [5, 5.41) is 20.2. The molecule has 0 saturated heterocycles. The van der Waals surface area contributed by atoms with Gasteiger partial charge in [-0.3, -0.25) is 0 Å². The molecule has 0 aliphatic rings. The van der Waals surface area contributed by atoms with Crippen LogP contribution in [0.25, 0.3) is 0 Å². The van der Waals surface area contributed by atoms with Crippen molar-refractivity contribution in [2.45, 2.75) is 26.2 Å². The largest absolute Gasteiger partial charge is 1.00 e. The summed E-state index contributed by atoms with van der Waals surface area (Å²) in [6, 6.07) is 0. The smallest absolute Gasteiger partial charge is 0.549 e. The van der Waals surface area contributed by atoms with E-state index < -0.39 is 17.9 Å². The van der Waals surface area contributed by atoms with Crippen LogP contribution < -0.4 is 80.5 Å². The Bertz CT molecular complexity index is 149. The Morgan fingerprint density at radius 1 is 1.23 bits per heavy atom. The van der Waals surface area contributed by atoms with Crippen LogP contribution in [0.5, 0.6) is 0 Å². The van der Waals surface area contributed by atoms with Gasteiger partial charge in [-0.15, -0.1) is 0 Å². The summed E-state index contributed by atoms with van der Waals surface area (Å²) >= 11 is 0. The fourth-order valence-corrected chi connectivity index (χ4v) is 0.740. The summed E-state index contributed by atoms with van der Waals surface area (Å²) < 4.78 is 0. The molecule has 0 bridgehead atoms. The summed E-state index contributed by atoms with van der Waals surface area (Å²) in [7, 11) is 0. The quantitative estimate of drug-likeness (QED) is 0.329. The van der Waals surface area contributed by atoms with Gasteiger partial charge in [0.15, 0.2) is 0 Å². The number of rotatable bonds is 5. The van der Waals surface area contributed by atoms with E-state index in [-0.39, 0.29) is 76.7 Å². The molecule has 0 N–H and O–H groups in total. The van der Waals surface area contributed by atoms with E-state index in [1.54, 1.807) is 0 Å². The van der Waals surface area contributed by atoms with Gasteiger partial charge >= 0.3 is 70.2 Å². The van der Waals surface area contributed by atoms with Gasteiger partial charge in [0.2, 0.25) is 0 Å². The molecule has 13 heavy (non-hydrogen) atoms. The molecule has 0 heterocycles. The van der Waals surface area contributed by atoms with E-state index in [2.05, 4.69) is 0 Å². The number of hydrogen-bond donors (Lipinski definition) is 0. The molecular weight excluding hydrogens is 194 g/mol. The number of aliphatic carboxylic acids is 2. The second-order valence-electron chi connectivity index (χ2n) is 2.33. The van der Waals surface area contributed by atoms with Crippen molar-refractivity contribution >= 4 is 11.9 Å². The molecule has 0 atom stereocenters. The molecule has 0 aromatic carbocycles.